The summed E-state index contributed by atoms with van der Waals surface area (Å²) < 4.78 is 5.63. The van der Waals surface area contributed by atoms with Gasteiger partial charge in [0.25, 0.3) is 0 Å². The summed E-state index contributed by atoms with van der Waals surface area (Å²) >= 11 is 5.39. The quantitative estimate of drug-likeness (QED) is 0.445. The molecular weight excluding hydrogens is 384 g/mol. The molecule has 0 saturated carbocycles. The van der Waals surface area contributed by atoms with Gasteiger partial charge in [-0.2, -0.15) is 11.8 Å². The van der Waals surface area contributed by atoms with Gasteiger partial charge in [0.1, 0.15) is 11.6 Å². The van der Waals surface area contributed by atoms with E-state index in [4.69, 9.17) is 4.74 Å². The molecule has 1 aromatic rings. The van der Waals surface area contributed by atoms with E-state index in [2.05, 4.69) is 32.2 Å². The second-order valence-corrected chi connectivity index (χ2v) is 11.3. The molecule has 4 unspecified atom stereocenters. The van der Waals surface area contributed by atoms with Gasteiger partial charge in [-0.3, -0.25) is 9.59 Å². The smallest absolute Gasteiger partial charge is 0.134 e. The van der Waals surface area contributed by atoms with Crippen molar-refractivity contribution in [3.05, 3.63) is 16.3 Å². The van der Waals surface area contributed by atoms with E-state index in [0.29, 0.717) is 30.3 Å². The highest BCUT2D eigenvalue weighted by Gasteiger charge is 2.28. The van der Waals surface area contributed by atoms with Crippen LogP contribution in [0.15, 0.2) is 16.3 Å². The molecule has 1 fully saturated rings. The Morgan fingerprint density at radius 3 is 2.73 bits per heavy atom. The Hall–Kier alpha value is -0.300. The average molecular weight is 415 g/mol. The van der Waals surface area contributed by atoms with Crippen LogP contribution in [-0.2, 0) is 14.3 Å². The summed E-state index contributed by atoms with van der Waals surface area (Å²) in [6.07, 6.45) is 3.80. The maximum atomic E-state index is 12.4. The monoisotopic (exact) mass is 414 g/mol. The number of thiophene rings is 1. The minimum absolute atomic E-state index is 0.207. The first-order chi connectivity index (χ1) is 12.3. The predicted molar refractivity (Wildman–Crippen MR) is 114 cm³/mol. The van der Waals surface area contributed by atoms with Crippen LogP contribution in [0.3, 0.4) is 0 Å². The summed E-state index contributed by atoms with van der Waals surface area (Å²) in [7, 11) is 0. The fraction of sp³-hybridized carbons (Fsp3) is 0.700. The normalized spacial score (nSPS) is 22.3. The van der Waals surface area contributed by atoms with Crippen LogP contribution in [0.2, 0.25) is 0 Å². The first-order valence-corrected chi connectivity index (χ1v) is 12.0. The molecular formula is C20H30O3S3. The number of ether oxygens (including phenoxy) is 1. The van der Waals surface area contributed by atoms with Crippen molar-refractivity contribution in [2.75, 3.05) is 6.61 Å². The molecule has 1 aliphatic rings. The SMILES string of the molecule is CC(=O)CC(CCC(=O)CC(C)Sc1ccsc1C)SC1CCOC1C. The van der Waals surface area contributed by atoms with Crippen LogP contribution in [0.25, 0.3) is 0 Å². The molecule has 0 bridgehead atoms. The predicted octanol–water partition coefficient (Wildman–Crippen LogP) is 5.53. The van der Waals surface area contributed by atoms with E-state index in [0.717, 1.165) is 19.4 Å². The van der Waals surface area contributed by atoms with E-state index >= 15 is 0 Å². The van der Waals surface area contributed by atoms with Crippen LogP contribution in [0.5, 0.6) is 0 Å². The van der Waals surface area contributed by atoms with Gasteiger partial charge in [0.2, 0.25) is 0 Å². The zero-order valence-electron chi connectivity index (χ0n) is 16.2. The lowest BCUT2D eigenvalue weighted by Crippen LogP contribution is -2.20. The maximum absolute atomic E-state index is 12.4. The van der Waals surface area contributed by atoms with Crippen LogP contribution in [0, 0.1) is 6.92 Å². The molecule has 0 aromatic carbocycles. The number of carbonyl (C=O) groups excluding carboxylic acids is 2. The fourth-order valence-electron chi connectivity index (χ4n) is 3.18. The molecule has 0 spiro atoms. The first kappa shape index (κ1) is 22.0. The van der Waals surface area contributed by atoms with Crippen molar-refractivity contribution in [3.8, 4) is 0 Å². The molecule has 2 heterocycles. The Bertz CT molecular complexity index is 599. The van der Waals surface area contributed by atoms with Crippen molar-refractivity contribution in [1.82, 2.24) is 0 Å². The molecule has 4 atom stereocenters. The third kappa shape index (κ3) is 7.37. The van der Waals surface area contributed by atoms with E-state index < -0.39 is 0 Å². The molecule has 1 aliphatic heterocycles. The molecule has 1 aromatic heterocycles. The van der Waals surface area contributed by atoms with Gasteiger partial charge in [-0.25, -0.2) is 0 Å². The zero-order chi connectivity index (χ0) is 19.1. The van der Waals surface area contributed by atoms with Crippen LogP contribution in [0.4, 0.5) is 0 Å². The number of rotatable bonds is 11. The Morgan fingerprint density at radius 2 is 2.15 bits per heavy atom. The highest BCUT2D eigenvalue weighted by atomic mass is 32.2. The molecule has 1 saturated heterocycles. The number of aryl methyl sites for hydroxylation is 1. The molecule has 0 amide bonds. The Morgan fingerprint density at radius 1 is 1.38 bits per heavy atom. The summed E-state index contributed by atoms with van der Waals surface area (Å²) in [6.45, 7) is 8.80. The van der Waals surface area contributed by atoms with Gasteiger partial charge in [-0.1, -0.05) is 6.92 Å². The number of thioether (sulfide) groups is 2. The van der Waals surface area contributed by atoms with Crippen molar-refractivity contribution in [1.29, 1.82) is 0 Å². The van der Waals surface area contributed by atoms with Crippen LogP contribution in [-0.4, -0.2) is 40.0 Å². The molecule has 3 nitrogen and oxygen atoms in total. The van der Waals surface area contributed by atoms with Crippen molar-refractivity contribution >= 4 is 46.4 Å². The van der Waals surface area contributed by atoms with Crippen LogP contribution in [0.1, 0.15) is 57.8 Å². The fourth-order valence-corrected chi connectivity index (χ4v) is 6.77. The molecule has 0 N–H and O–H groups in total. The van der Waals surface area contributed by atoms with E-state index in [1.807, 2.05) is 11.8 Å². The van der Waals surface area contributed by atoms with Crippen LogP contribution >= 0.6 is 34.9 Å². The van der Waals surface area contributed by atoms with Crippen LogP contribution < -0.4 is 0 Å². The molecule has 6 heteroatoms. The minimum atomic E-state index is 0.207. The summed E-state index contributed by atoms with van der Waals surface area (Å²) in [5, 5.41) is 3.07. The summed E-state index contributed by atoms with van der Waals surface area (Å²) in [5.41, 5.74) is 0. The van der Waals surface area contributed by atoms with Gasteiger partial charge in [0.05, 0.1) is 6.10 Å². The van der Waals surface area contributed by atoms with E-state index in [1.165, 1.54) is 9.77 Å². The number of ketones is 2. The second-order valence-electron chi connectivity index (χ2n) is 7.12. The van der Waals surface area contributed by atoms with Gasteiger partial charge >= 0.3 is 0 Å². The highest BCUT2D eigenvalue weighted by Crippen LogP contribution is 2.34. The number of carbonyl (C=O) groups is 2. The Labute approximate surface area is 170 Å². The lowest BCUT2D eigenvalue weighted by Gasteiger charge is -2.21. The van der Waals surface area contributed by atoms with Crippen molar-refractivity contribution in [2.45, 2.75) is 86.5 Å². The summed E-state index contributed by atoms with van der Waals surface area (Å²) in [4.78, 5) is 26.6. The van der Waals surface area contributed by atoms with Crippen molar-refractivity contribution < 1.29 is 14.3 Å². The largest absolute Gasteiger partial charge is 0.377 e. The van der Waals surface area contributed by atoms with Gasteiger partial charge < -0.3 is 4.74 Å². The minimum Gasteiger partial charge on any atom is -0.377 e. The lowest BCUT2D eigenvalue weighted by molar-refractivity contribution is -0.120. The molecule has 0 radical (unpaired) electrons. The molecule has 0 aliphatic carbocycles. The van der Waals surface area contributed by atoms with Gasteiger partial charge in [-0.15, -0.1) is 23.1 Å². The average Bonchev–Trinajstić information content (AvgIpc) is 3.13. The highest BCUT2D eigenvalue weighted by molar-refractivity contribution is 8.00. The van der Waals surface area contributed by atoms with Gasteiger partial charge in [0, 0.05) is 51.4 Å². The summed E-state index contributed by atoms with van der Waals surface area (Å²) in [5.74, 6) is 0.515. The molecule has 2 rings (SSSR count). The molecule has 26 heavy (non-hydrogen) atoms. The maximum Gasteiger partial charge on any atom is 0.134 e. The Balaban J connectivity index is 1.77. The second kappa shape index (κ2) is 10.9. The van der Waals surface area contributed by atoms with Gasteiger partial charge in [0.15, 0.2) is 0 Å². The zero-order valence-corrected chi connectivity index (χ0v) is 18.6. The topological polar surface area (TPSA) is 43.4 Å². The number of hydrogen-bond acceptors (Lipinski definition) is 6. The third-order valence-corrected chi connectivity index (χ3v) is 8.58. The standard InChI is InChI=1S/C20H30O3S3/c1-13(21)11-18(26-19-7-9-23-15(19)3)6-5-17(22)12-14(2)25-20-8-10-24-16(20)4/h8,10,14-15,18-19H,5-7,9,11-12H2,1-4H3. The third-order valence-electron chi connectivity index (χ3n) is 4.59. The van der Waals surface area contributed by atoms with Gasteiger partial charge in [-0.05, 0) is 45.1 Å². The van der Waals surface area contributed by atoms with Crippen molar-refractivity contribution in [2.24, 2.45) is 0 Å². The Kier molecular flexibility index (Phi) is 9.21. The van der Waals surface area contributed by atoms with E-state index in [-0.39, 0.29) is 22.4 Å². The number of Topliss-reactive ketones (excluding diaryl/α,β-unsaturated/α-hetero) is 2. The van der Waals surface area contributed by atoms with E-state index in [9.17, 15) is 9.59 Å². The first-order valence-electron chi connectivity index (χ1n) is 9.34. The van der Waals surface area contributed by atoms with E-state index in [1.54, 1.807) is 30.0 Å². The lowest BCUT2D eigenvalue weighted by atomic mass is 10.1. The summed E-state index contributed by atoms with van der Waals surface area (Å²) in [6, 6.07) is 2.13. The van der Waals surface area contributed by atoms with Crippen molar-refractivity contribution in [3.63, 3.8) is 0 Å². The number of hydrogen-bond donors (Lipinski definition) is 0. The molecule has 146 valence electrons.